The van der Waals surface area contributed by atoms with E-state index in [1.807, 2.05) is 13.8 Å². The Morgan fingerprint density at radius 3 is 2.27 bits per heavy atom. The molecule has 3 heterocycles. The first-order valence-electron chi connectivity index (χ1n) is 11.6. The maximum atomic E-state index is 13.5. The lowest BCUT2D eigenvalue weighted by atomic mass is 9.51. The normalized spacial score (nSPS) is 27.8. The van der Waals surface area contributed by atoms with Crippen LogP contribution in [0.3, 0.4) is 0 Å². The molecule has 1 aliphatic carbocycles. The highest BCUT2D eigenvalue weighted by atomic mass is 16.2. The Morgan fingerprint density at radius 2 is 1.60 bits per heavy atom. The summed E-state index contributed by atoms with van der Waals surface area (Å²) in [6, 6.07) is 5.02. The first-order chi connectivity index (χ1) is 14.2. The molecule has 0 saturated carbocycles. The van der Waals surface area contributed by atoms with E-state index in [4.69, 9.17) is 9.97 Å². The van der Waals surface area contributed by atoms with E-state index in [0.29, 0.717) is 0 Å². The fourth-order valence-electron chi connectivity index (χ4n) is 6.14. The third-order valence-electron chi connectivity index (χ3n) is 8.66. The molecule has 0 spiro atoms. The van der Waals surface area contributed by atoms with Gasteiger partial charge in [0.15, 0.2) is 0 Å². The summed E-state index contributed by atoms with van der Waals surface area (Å²) in [6.45, 7) is 13.9. The van der Waals surface area contributed by atoms with Crippen molar-refractivity contribution in [3.05, 3.63) is 34.6 Å². The quantitative estimate of drug-likeness (QED) is 0.633. The first-order valence-corrected chi connectivity index (χ1v) is 11.6. The topological polar surface area (TPSA) is 49.3 Å². The van der Waals surface area contributed by atoms with E-state index in [0.717, 1.165) is 67.7 Å². The van der Waals surface area contributed by atoms with E-state index in [-0.39, 0.29) is 22.9 Å². The Morgan fingerprint density at radius 1 is 0.967 bits per heavy atom. The fourth-order valence-corrected chi connectivity index (χ4v) is 6.14. The average Bonchev–Trinajstić information content (AvgIpc) is 2.71. The van der Waals surface area contributed by atoms with Crippen LogP contribution >= 0.6 is 0 Å². The number of carbonyl (C=O) groups excluding carboxylic acids is 1. The van der Waals surface area contributed by atoms with Crippen LogP contribution in [0.4, 0.5) is 4.79 Å². The van der Waals surface area contributed by atoms with E-state index in [9.17, 15) is 4.79 Å². The molecule has 0 radical (unpaired) electrons. The molecule has 2 amide bonds. The fraction of sp³-hybridized carbons (Fsp3) is 0.640. The van der Waals surface area contributed by atoms with Crippen LogP contribution in [0.5, 0.6) is 0 Å². The minimum absolute atomic E-state index is 0.00451. The van der Waals surface area contributed by atoms with Gasteiger partial charge in [0.1, 0.15) is 0 Å². The number of piperidine rings is 2. The second kappa shape index (κ2) is 6.66. The van der Waals surface area contributed by atoms with Gasteiger partial charge in [-0.1, -0.05) is 20.8 Å². The van der Waals surface area contributed by atoms with E-state index in [2.05, 4.69) is 42.7 Å². The van der Waals surface area contributed by atoms with Crippen LogP contribution in [-0.4, -0.2) is 51.5 Å². The molecular formula is C25H34N4O. The molecule has 2 fully saturated rings. The lowest BCUT2D eigenvalue weighted by Crippen LogP contribution is -2.66. The van der Waals surface area contributed by atoms with Gasteiger partial charge in [0.2, 0.25) is 0 Å². The van der Waals surface area contributed by atoms with Crippen LogP contribution in [-0.2, 0) is 11.8 Å². The van der Waals surface area contributed by atoms with Gasteiger partial charge in [0.25, 0.3) is 0 Å². The van der Waals surface area contributed by atoms with E-state index in [1.54, 1.807) is 0 Å². The summed E-state index contributed by atoms with van der Waals surface area (Å²) in [5.41, 5.74) is 6.77. The van der Waals surface area contributed by atoms with Gasteiger partial charge in [-0.15, -0.1) is 0 Å². The number of urea groups is 1. The minimum Gasteiger partial charge on any atom is -0.325 e. The number of rotatable bonds is 0. The number of nitrogens with zero attached hydrogens (tertiary/aromatic N) is 4. The summed E-state index contributed by atoms with van der Waals surface area (Å²) < 4.78 is 0. The third kappa shape index (κ3) is 2.70. The van der Waals surface area contributed by atoms with Crippen LogP contribution < -0.4 is 0 Å². The number of aromatic nitrogens is 2. The zero-order valence-electron chi connectivity index (χ0n) is 19.1. The maximum Gasteiger partial charge on any atom is 0.320 e. The molecule has 0 unspecified atom stereocenters. The molecule has 5 nitrogen and oxygen atoms in total. The van der Waals surface area contributed by atoms with Crippen LogP contribution in [0.1, 0.15) is 69.0 Å². The number of hydrogen-bond acceptors (Lipinski definition) is 3. The standard InChI is InChI=1S/C25H34N4O/c1-16-17(2)27-21-15-19-18(13-20(21)26-16)14-22-24(3,4)25(19,5)9-12-29(22)23(30)28-10-7-6-8-11-28/h13,15,22H,6-12,14H2,1-5H3/t22-,25-/m0/s1. The van der Waals surface area contributed by atoms with Crippen LogP contribution in [0.15, 0.2) is 12.1 Å². The molecule has 30 heavy (non-hydrogen) atoms. The number of carbonyl (C=O) groups is 1. The molecule has 3 aliphatic rings. The minimum atomic E-state index is 0.00451. The monoisotopic (exact) mass is 406 g/mol. The summed E-state index contributed by atoms with van der Waals surface area (Å²) in [7, 11) is 0. The molecule has 1 aromatic heterocycles. The zero-order chi connectivity index (χ0) is 21.3. The highest BCUT2D eigenvalue weighted by molar-refractivity contribution is 5.79. The Balaban J connectivity index is 1.58. The largest absolute Gasteiger partial charge is 0.325 e. The second-order valence-electron chi connectivity index (χ2n) is 10.4. The van der Waals surface area contributed by atoms with Crippen molar-refractivity contribution in [2.45, 2.75) is 78.2 Å². The number of aryl methyl sites for hydroxylation is 2. The molecule has 2 aromatic rings. The van der Waals surface area contributed by atoms with Crippen molar-refractivity contribution in [2.75, 3.05) is 19.6 Å². The van der Waals surface area contributed by atoms with Gasteiger partial charge in [-0.2, -0.15) is 0 Å². The molecule has 0 N–H and O–H groups in total. The Labute approximate surface area is 179 Å². The Hall–Kier alpha value is -2.17. The van der Waals surface area contributed by atoms with Gasteiger partial charge in [-0.05, 0) is 74.6 Å². The summed E-state index contributed by atoms with van der Waals surface area (Å²) in [4.78, 5) is 27.4. The molecular weight excluding hydrogens is 372 g/mol. The maximum absolute atomic E-state index is 13.5. The smallest absolute Gasteiger partial charge is 0.320 e. The number of hydrogen-bond donors (Lipinski definition) is 0. The van der Waals surface area contributed by atoms with Crippen molar-refractivity contribution in [1.82, 2.24) is 19.8 Å². The summed E-state index contributed by atoms with van der Waals surface area (Å²) in [5.74, 6) is 0. The molecule has 2 bridgehead atoms. The van der Waals surface area contributed by atoms with Crippen molar-refractivity contribution in [3.8, 4) is 0 Å². The zero-order valence-corrected chi connectivity index (χ0v) is 19.1. The SMILES string of the molecule is Cc1nc2cc3c(cc2nc1C)[C@]1(C)CCN(C(=O)N2CCCCC2)[C@@H](C3)C1(C)C. The second-order valence-corrected chi connectivity index (χ2v) is 10.4. The lowest BCUT2D eigenvalue weighted by Gasteiger charge is -2.61. The molecule has 5 rings (SSSR count). The highest BCUT2D eigenvalue weighted by Gasteiger charge is 2.57. The number of amides is 2. The van der Waals surface area contributed by atoms with Crippen LogP contribution in [0.2, 0.25) is 0 Å². The van der Waals surface area contributed by atoms with E-state index in [1.165, 1.54) is 17.5 Å². The van der Waals surface area contributed by atoms with Gasteiger partial charge >= 0.3 is 6.03 Å². The molecule has 1 aromatic carbocycles. The van der Waals surface area contributed by atoms with Crippen molar-refractivity contribution in [3.63, 3.8) is 0 Å². The van der Waals surface area contributed by atoms with Crippen LogP contribution in [0.25, 0.3) is 11.0 Å². The van der Waals surface area contributed by atoms with Crippen molar-refractivity contribution < 1.29 is 4.79 Å². The van der Waals surface area contributed by atoms with Gasteiger partial charge in [-0.3, -0.25) is 0 Å². The number of benzene rings is 1. The summed E-state index contributed by atoms with van der Waals surface area (Å²) in [6.07, 6.45) is 5.42. The van der Waals surface area contributed by atoms with Gasteiger partial charge in [-0.25, -0.2) is 14.8 Å². The van der Waals surface area contributed by atoms with E-state index < -0.39 is 0 Å². The molecule has 5 heteroatoms. The van der Waals surface area contributed by atoms with E-state index >= 15 is 0 Å². The lowest BCUT2D eigenvalue weighted by molar-refractivity contribution is -0.0241. The predicted octanol–water partition coefficient (Wildman–Crippen LogP) is 4.77. The van der Waals surface area contributed by atoms with Gasteiger partial charge in [0, 0.05) is 31.1 Å². The van der Waals surface area contributed by atoms with Crippen molar-refractivity contribution in [1.29, 1.82) is 0 Å². The summed E-state index contributed by atoms with van der Waals surface area (Å²) in [5, 5.41) is 0. The van der Waals surface area contributed by atoms with Gasteiger partial charge < -0.3 is 9.80 Å². The third-order valence-corrected chi connectivity index (χ3v) is 8.66. The average molecular weight is 407 g/mol. The van der Waals surface area contributed by atoms with Crippen molar-refractivity contribution >= 4 is 17.1 Å². The summed E-state index contributed by atoms with van der Waals surface area (Å²) >= 11 is 0. The number of fused-ring (bicyclic) bond motifs is 5. The Bertz CT molecular complexity index is 1020. The molecule has 2 saturated heterocycles. The first kappa shape index (κ1) is 19.8. The molecule has 160 valence electrons. The molecule has 2 aliphatic heterocycles. The molecule has 2 atom stereocenters. The predicted molar refractivity (Wildman–Crippen MR) is 120 cm³/mol. The van der Waals surface area contributed by atoms with Gasteiger partial charge in [0.05, 0.1) is 22.4 Å². The van der Waals surface area contributed by atoms with Crippen molar-refractivity contribution in [2.24, 2.45) is 5.41 Å². The number of likely N-dealkylation sites (tertiary alicyclic amines) is 2. The Kier molecular flexibility index (Phi) is 4.39. The highest BCUT2D eigenvalue weighted by Crippen LogP contribution is 2.56. The van der Waals surface area contributed by atoms with Crippen LogP contribution in [0, 0.1) is 19.3 Å².